The molecule has 0 saturated heterocycles. The summed E-state index contributed by atoms with van der Waals surface area (Å²) in [5.74, 6) is -1.41. The number of hydrogen-bond donors (Lipinski definition) is 3. The average molecular weight is 298 g/mol. The highest BCUT2D eigenvalue weighted by molar-refractivity contribution is 7.10. The van der Waals surface area contributed by atoms with Crippen molar-refractivity contribution in [3.05, 3.63) is 22.4 Å². The molecule has 0 saturated carbocycles. The molecule has 0 radical (unpaired) electrons. The number of urea groups is 1. The van der Waals surface area contributed by atoms with Crippen LogP contribution in [0.25, 0.3) is 0 Å². The molecule has 5 nitrogen and oxygen atoms in total. The second kappa shape index (κ2) is 8.58. The minimum absolute atomic E-state index is 0.00935. The lowest BCUT2D eigenvalue weighted by Crippen LogP contribution is -2.41. The van der Waals surface area contributed by atoms with Crippen LogP contribution in [0.3, 0.4) is 0 Å². The smallest absolute Gasteiger partial charge is 0.315 e. The molecular weight excluding hydrogens is 276 g/mol. The molecule has 2 unspecified atom stereocenters. The molecule has 0 bridgehead atoms. The molecule has 1 rings (SSSR count). The molecular formula is C14H22N2O3S. The van der Waals surface area contributed by atoms with Gasteiger partial charge in [-0.2, -0.15) is 0 Å². The van der Waals surface area contributed by atoms with Gasteiger partial charge >= 0.3 is 12.0 Å². The Bertz CT molecular complexity index is 420. The molecule has 3 N–H and O–H groups in total. The second-order valence-corrected chi connectivity index (χ2v) is 5.63. The number of thiophene rings is 1. The van der Waals surface area contributed by atoms with Crippen LogP contribution in [0.2, 0.25) is 0 Å². The van der Waals surface area contributed by atoms with Crippen molar-refractivity contribution < 1.29 is 14.7 Å². The van der Waals surface area contributed by atoms with Crippen LogP contribution in [0.15, 0.2) is 17.5 Å². The number of carbonyl (C=O) groups excluding carboxylic acids is 1. The predicted molar refractivity (Wildman–Crippen MR) is 79.9 cm³/mol. The summed E-state index contributed by atoms with van der Waals surface area (Å²) < 4.78 is 0. The maximum Gasteiger partial charge on any atom is 0.315 e. The van der Waals surface area contributed by atoms with Crippen LogP contribution in [0, 0.1) is 5.92 Å². The molecule has 2 amide bonds. The van der Waals surface area contributed by atoms with Gasteiger partial charge in [0.25, 0.3) is 0 Å². The number of amides is 2. The first-order valence-electron chi connectivity index (χ1n) is 6.89. The third-order valence-electron chi connectivity index (χ3n) is 3.12. The van der Waals surface area contributed by atoms with Crippen LogP contribution < -0.4 is 10.6 Å². The number of rotatable bonds is 8. The van der Waals surface area contributed by atoms with E-state index in [9.17, 15) is 9.59 Å². The quantitative estimate of drug-likeness (QED) is 0.690. The molecule has 1 heterocycles. The van der Waals surface area contributed by atoms with Gasteiger partial charge < -0.3 is 15.7 Å². The van der Waals surface area contributed by atoms with Gasteiger partial charge in [-0.15, -0.1) is 11.3 Å². The van der Waals surface area contributed by atoms with Gasteiger partial charge in [-0.05, 0) is 24.3 Å². The van der Waals surface area contributed by atoms with Crippen LogP contribution >= 0.6 is 11.3 Å². The topological polar surface area (TPSA) is 78.4 Å². The van der Waals surface area contributed by atoms with Gasteiger partial charge in [-0.25, -0.2) is 4.79 Å². The van der Waals surface area contributed by atoms with Gasteiger partial charge in [0.2, 0.25) is 0 Å². The van der Waals surface area contributed by atoms with Gasteiger partial charge in [0.05, 0.1) is 12.0 Å². The monoisotopic (exact) mass is 298 g/mol. The summed E-state index contributed by atoms with van der Waals surface area (Å²) in [7, 11) is 0. The van der Waals surface area contributed by atoms with Gasteiger partial charge in [-0.1, -0.05) is 26.3 Å². The van der Waals surface area contributed by atoms with E-state index in [-0.39, 0.29) is 18.6 Å². The van der Waals surface area contributed by atoms with Gasteiger partial charge in [0.15, 0.2) is 0 Å². The maximum atomic E-state index is 11.9. The SMILES string of the molecule is CCCC(NC(=O)NCC(CC)C(=O)O)c1cccs1. The summed E-state index contributed by atoms with van der Waals surface area (Å²) in [6.45, 7) is 4.02. The summed E-state index contributed by atoms with van der Waals surface area (Å²) in [6, 6.07) is 3.64. The van der Waals surface area contributed by atoms with E-state index in [0.717, 1.165) is 17.7 Å². The lowest BCUT2D eigenvalue weighted by Gasteiger charge is -2.18. The first-order chi connectivity index (χ1) is 9.58. The van der Waals surface area contributed by atoms with Gasteiger partial charge in [0, 0.05) is 11.4 Å². The fraction of sp³-hybridized carbons (Fsp3) is 0.571. The highest BCUT2D eigenvalue weighted by Crippen LogP contribution is 2.22. The minimum atomic E-state index is -0.879. The molecule has 0 aromatic carbocycles. The molecule has 112 valence electrons. The van der Waals surface area contributed by atoms with E-state index in [0.29, 0.717) is 6.42 Å². The van der Waals surface area contributed by atoms with Crippen molar-refractivity contribution in [2.24, 2.45) is 5.92 Å². The Morgan fingerprint density at radius 3 is 2.65 bits per heavy atom. The summed E-state index contributed by atoms with van der Waals surface area (Å²) in [6.07, 6.45) is 2.33. The molecule has 0 aliphatic carbocycles. The first-order valence-corrected chi connectivity index (χ1v) is 7.77. The fourth-order valence-corrected chi connectivity index (χ4v) is 2.71. The van der Waals surface area contributed by atoms with Gasteiger partial charge in [0.1, 0.15) is 0 Å². The van der Waals surface area contributed by atoms with Crippen molar-refractivity contribution in [2.75, 3.05) is 6.54 Å². The van der Waals surface area contributed by atoms with E-state index in [1.807, 2.05) is 17.5 Å². The molecule has 0 aliphatic heterocycles. The van der Waals surface area contributed by atoms with Crippen LogP contribution in [0.4, 0.5) is 4.79 Å². The van der Waals surface area contributed by atoms with E-state index in [2.05, 4.69) is 17.6 Å². The fourth-order valence-electron chi connectivity index (χ4n) is 1.90. The molecule has 0 fully saturated rings. The normalized spacial score (nSPS) is 13.5. The lowest BCUT2D eigenvalue weighted by atomic mass is 10.1. The van der Waals surface area contributed by atoms with Crippen molar-refractivity contribution >= 4 is 23.3 Å². The summed E-state index contributed by atoms with van der Waals surface area (Å²) >= 11 is 1.61. The van der Waals surface area contributed by atoms with Crippen LogP contribution in [-0.4, -0.2) is 23.7 Å². The van der Waals surface area contributed by atoms with Crippen LogP contribution in [-0.2, 0) is 4.79 Å². The number of nitrogens with one attached hydrogen (secondary N) is 2. The standard InChI is InChI=1S/C14H22N2O3S/c1-3-6-11(12-7-5-8-20-12)16-14(19)15-9-10(4-2)13(17)18/h5,7-8,10-11H,3-4,6,9H2,1-2H3,(H,17,18)(H2,15,16,19). The van der Waals surface area contributed by atoms with Crippen molar-refractivity contribution in [3.63, 3.8) is 0 Å². The van der Waals surface area contributed by atoms with E-state index in [4.69, 9.17) is 5.11 Å². The van der Waals surface area contributed by atoms with Crippen molar-refractivity contribution in [1.82, 2.24) is 10.6 Å². The Hall–Kier alpha value is -1.56. The molecule has 6 heteroatoms. The zero-order chi connectivity index (χ0) is 15.0. The highest BCUT2D eigenvalue weighted by atomic mass is 32.1. The van der Waals surface area contributed by atoms with Gasteiger partial charge in [-0.3, -0.25) is 4.79 Å². The summed E-state index contributed by atoms with van der Waals surface area (Å²) in [5.41, 5.74) is 0. The minimum Gasteiger partial charge on any atom is -0.481 e. The first kappa shape index (κ1) is 16.5. The molecule has 0 aliphatic rings. The highest BCUT2D eigenvalue weighted by Gasteiger charge is 2.18. The Morgan fingerprint density at radius 1 is 1.40 bits per heavy atom. The van der Waals surface area contributed by atoms with E-state index < -0.39 is 11.9 Å². The second-order valence-electron chi connectivity index (χ2n) is 4.65. The summed E-state index contributed by atoms with van der Waals surface area (Å²) in [4.78, 5) is 23.9. The Morgan fingerprint density at radius 2 is 2.15 bits per heavy atom. The Balaban J connectivity index is 2.48. The number of hydrogen-bond acceptors (Lipinski definition) is 3. The Kier molecular flexibility index (Phi) is 7.08. The average Bonchev–Trinajstić information content (AvgIpc) is 2.92. The van der Waals surface area contributed by atoms with Crippen molar-refractivity contribution in [3.8, 4) is 0 Å². The zero-order valence-electron chi connectivity index (χ0n) is 11.9. The van der Waals surface area contributed by atoms with Crippen LogP contribution in [0.1, 0.15) is 44.0 Å². The van der Waals surface area contributed by atoms with E-state index in [1.165, 1.54) is 0 Å². The largest absolute Gasteiger partial charge is 0.481 e. The number of aliphatic carboxylic acids is 1. The van der Waals surface area contributed by atoms with E-state index >= 15 is 0 Å². The molecule has 0 spiro atoms. The molecule has 1 aromatic heterocycles. The van der Waals surface area contributed by atoms with Crippen LogP contribution in [0.5, 0.6) is 0 Å². The molecule has 20 heavy (non-hydrogen) atoms. The third kappa shape index (κ3) is 5.21. The maximum absolute atomic E-state index is 11.9. The zero-order valence-corrected chi connectivity index (χ0v) is 12.7. The lowest BCUT2D eigenvalue weighted by molar-refractivity contribution is -0.141. The number of carboxylic acids is 1. The number of carboxylic acid groups (broad SMARTS) is 1. The molecule has 2 atom stereocenters. The van der Waals surface area contributed by atoms with Crippen molar-refractivity contribution in [1.29, 1.82) is 0 Å². The van der Waals surface area contributed by atoms with E-state index in [1.54, 1.807) is 18.3 Å². The predicted octanol–water partition coefficient (Wildman–Crippen LogP) is 3.00. The Labute approximate surface area is 123 Å². The molecule has 1 aromatic rings. The number of carbonyl (C=O) groups is 2. The third-order valence-corrected chi connectivity index (χ3v) is 4.11. The van der Waals surface area contributed by atoms with Crippen molar-refractivity contribution in [2.45, 2.75) is 39.2 Å². The summed E-state index contributed by atoms with van der Waals surface area (Å²) in [5, 5.41) is 16.5.